The van der Waals surface area contributed by atoms with Crippen LogP contribution in [0.1, 0.15) is 24.5 Å². The van der Waals surface area contributed by atoms with Gasteiger partial charge in [-0.25, -0.2) is 0 Å². The summed E-state index contributed by atoms with van der Waals surface area (Å²) in [7, 11) is 0. The molecular formula is C21H20Cl2N2O. The molecule has 0 aliphatic rings. The Balaban J connectivity index is 1.83. The minimum atomic E-state index is 0.449. The fourth-order valence-corrected chi connectivity index (χ4v) is 3.21. The Kier molecular flexibility index (Phi) is 6.37. The number of nitrogens with one attached hydrogen (secondary N) is 1. The monoisotopic (exact) mass is 386 g/mol. The summed E-state index contributed by atoms with van der Waals surface area (Å²) in [5, 5.41) is 7.86. The molecule has 0 fully saturated rings. The first-order chi connectivity index (χ1) is 12.7. The van der Waals surface area contributed by atoms with Gasteiger partial charge in [0.1, 0.15) is 5.75 Å². The van der Waals surface area contributed by atoms with Gasteiger partial charge in [-0.2, -0.15) is 5.10 Å². The molecule has 0 radical (unpaired) electrons. The van der Waals surface area contributed by atoms with E-state index < -0.39 is 0 Å². The molecule has 26 heavy (non-hydrogen) atoms. The van der Waals surface area contributed by atoms with Crippen molar-refractivity contribution in [1.82, 2.24) is 5.43 Å². The van der Waals surface area contributed by atoms with E-state index in [2.05, 4.69) is 35.7 Å². The van der Waals surface area contributed by atoms with E-state index in [1.807, 2.05) is 36.4 Å². The van der Waals surface area contributed by atoms with Crippen molar-refractivity contribution in [3.8, 4) is 5.75 Å². The summed E-state index contributed by atoms with van der Waals surface area (Å²) in [6, 6.07) is 17.7. The zero-order chi connectivity index (χ0) is 18.4. The minimum absolute atomic E-state index is 0.449. The van der Waals surface area contributed by atoms with Gasteiger partial charge in [0.2, 0.25) is 0 Å². The van der Waals surface area contributed by atoms with Gasteiger partial charge in [0, 0.05) is 21.2 Å². The molecule has 0 aliphatic carbocycles. The predicted octanol–water partition coefficient (Wildman–Crippen LogP) is 6.06. The van der Waals surface area contributed by atoms with E-state index in [4.69, 9.17) is 27.9 Å². The molecule has 3 nitrogen and oxygen atoms in total. The largest absolute Gasteiger partial charge is 0.493 e. The maximum atomic E-state index is 6.19. The van der Waals surface area contributed by atoms with Crippen LogP contribution in [0, 0.1) is 0 Å². The van der Waals surface area contributed by atoms with Crippen LogP contribution < -0.4 is 10.2 Å². The summed E-state index contributed by atoms with van der Waals surface area (Å²) in [5.74, 6) is 0.826. The van der Waals surface area contributed by atoms with Crippen molar-refractivity contribution in [2.75, 3.05) is 6.61 Å². The van der Waals surface area contributed by atoms with Gasteiger partial charge >= 0.3 is 0 Å². The van der Waals surface area contributed by atoms with Gasteiger partial charge in [0.05, 0.1) is 19.4 Å². The SMILES string of the molecule is CCCOc1ccc2ccccc2c1/C=N/NCc1c(Cl)cccc1Cl. The minimum Gasteiger partial charge on any atom is -0.493 e. The highest BCUT2D eigenvalue weighted by Gasteiger charge is 2.07. The second-order valence-electron chi connectivity index (χ2n) is 5.84. The van der Waals surface area contributed by atoms with Crippen molar-refractivity contribution in [1.29, 1.82) is 0 Å². The highest BCUT2D eigenvalue weighted by Crippen LogP contribution is 2.27. The van der Waals surface area contributed by atoms with Gasteiger partial charge in [-0.1, -0.05) is 66.5 Å². The second-order valence-corrected chi connectivity index (χ2v) is 6.65. The van der Waals surface area contributed by atoms with Crippen molar-refractivity contribution in [3.63, 3.8) is 0 Å². The van der Waals surface area contributed by atoms with Crippen LogP contribution in [0.5, 0.6) is 5.75 Å². The molecule has 0 atom stereocenters. The van der Waals surface area contributed by atoms with Gasteiger partial charge in [0.25, 0.3) is 0 Å². The standard InChI is InChI=1S/C21H20Cl2N2O/c1-2-12-26-21-11-10-15-6-3-4-7-16(15)17(21)13-24-25-14-18-19(22)8-5-9-20(18)23/h3-11,13,25H,2,12,14H2,1H3/b24-13+. The van der Waals surface area contributed by atoms with Gasteiger partial charge in [-0.3, -0.25) is 0 Å². The van der Waals surface area contributed by atoms with Crippen molar-refractivity contribution in [2.24, 2.45) is 5.10 Å². The summed E-state index contributed by atoms with van der Waals surface area (Å²) in [6.07, 6.45) is 2.74. The van der Waals surface area contributed by atoms with E-state index in [0.717, 1.165) is 34.1 Å². The first-order valence-corrected chi connectivity index (χ1v) is 9.29. The maximum Gasteiger partial charge on any atom is 0.128 e. The Bertz CT molecular complexity index is 905. The number of halogens is 2. The molecule has 0 aliphatic heterocycles. The number of hydrazone groups is 1. The molecule has 1 N–H and O–H groups in total. The lowest BCUT2D eigenvalue weighted by molar-refractivity contribution is 0.317. The molecule has 0 saturated heterocycles. The van der Waals surface area contributed by atoms with Crippen molar-refractivity contribution in [2.45, 2.75) is 19.9 Å². The first kappa shape index (κ1) is 18.6. The lowest BCUT2D eigenvalue weighted by atomic mass is 10.0. The lowest BCUT2D eigenvalue weighted by Gasteiger charge is -2.11. The molecule has 0 amide bonds. The van der Waals surface area contributed by atoms with Crippen molar-refractivity contribution < 1.29 is 4.74 Å². The third-order valence-corrected chi connectivity index (χ3v) is 4.70. The molecule has 0 unspecified atom stereocenters. The Hall–Kier alpha value is -2.23. The Morgan fingerprint density at radius 1 is 1.00 bits per heavy atom. The second kappa shape index (κ2) is 8.93. The van der Waals surface area contributed by atoms with Crippen LogP contribution >= 0.6 is 23.2 Å². The number of fused-ring (bicyclic) bond motifs is 1. The molecule has 0 spiro atoms. The average molecular weight is 387 g/mol. The lowest BCUT2D eigenvalue weighted by Crippen LogP contribution is -2.07. The van der Waals surface area contributed by atoms with Crippen LogP contribution in [0.2, 0.25) is 10.0 Å². The van der Waals surface area contributed by atoms with Crippen LogP contribution in [-0.4, -0.2) is 12.8 Å². The predicted molar refractivity (Wildman–Crippen MR) is 111 cm³/mol. The number of rotatable bonds is 7. The van der Waals surface area contributed by atoms with Gasteiger partial charge in [-0.05, 0) is 35.4 Å². The summed E-state index contributed by atoms with van der Waals surface area (Å²) >= 11 is 12.4. The van der Waals surface area contributed by atoms with Crippen LogP contribution in [-0.2, 0) is 6.54 Å². The van der Waals surface area contributed by atoms with E-state index in [0.29, 0.717) is 23.2 Å². The fraction of sp³-hybridized carbons (Fsp3) is 0.190. The Labute approximate surface area is 163 Å². The highest BCUT2D eigenvalue weighted by molar-refractivity contribution is 6.35. The number of benzene rings is 3. The van der Waals surface area contributed by atoms with E-state index in [1.54, 1.807) is 6.21 Å². The third kappa shape index (κ3) is 4.29. The van der Waals surface area contributed by atoms with Gasteiger partial charge in [0.15, 0.2) is 0 Å². The van der Waals surface area contributed by atoms with Crippen LogP contribution in [0.25, 0.3) is 10.8 Å². The summed E-state index contributed by atoms with van der Waals surface area (Å²) in [5.41, 5.74) is 4.81. The fourth-order valence-electron chi connectivity index (χ4n) is 2.68. The summed E-state index contributed by atoms with van der Waals surface area (Å²) in [4.78, 5) is 0. The smallest absolute Gasteiger partial charge is 0.128 e. The molecule has 5 heteroatoms. The van der Waals surface area contributed by atoms with Crippen molar-refractivity contribution in [3.05, 3.63) is 75.8 Å². The van der Waals surface area contributed by atoms with Gasteiger partial charge < -0.3 is 10.2 Å². The molecule has 3 aromatic rings. The third-order valence-electron chi connectivity index (χ3n) is 3.99. The molecule has 0 bridgehead atoms. The molecule has 3 aromatic carbocycles. The van der Waals surface area contributed by atoms with E-state index >= 15 is 0 Å². The summed E-state index contributed by atoms with van der Waals surface area (Å²) < 4.78 is 5.89. The topological polar surface area (TPSA) is 33.6 Å². The number of ether oxygens (including phenoxy) is 1. The van der Waals surface area contributed by atoms with E-state index in [9.17, 15) is 0 Å². The first-order valence-electron chi connectivity index (χ1n) is 8.54. The normalized spacial score (nSPS) is 11.2. The van der Waals surface area contributed by atoms with E-state index in [-0.39, 0.29) is 0 Å². The summed E-state index contributed by atoms with van der Waals surface area (Å²) in [6.45, 7) is 3.20. The highest BCUT2D eigenvalue weighted by atomic mass is 35.5. The van der Waals surface area contributed by atoms with Crippen molar-refractivity contribution >= 4 is 40.2 Å². The Morgan fingerprint density at radius 3 is 2.54 bits per heavy atom. The van der Waals surface area contributed by atoms with Crippen LogP contribution in [0.15, 0.2) is 59.7 Å². The molecular weight excluding hydrogens is 367 g/mol. The number of hydrogen-bond acceptors (Lipinski definition) is 3. The zero-order valence-corrected chi connectivity index (χ0v) is 16.0. The van der Waals surface area contributed by atoms with Crippen LogP contribution in [0.4, 0.5) is 0 Å². The maximum absolute atomic E-state index is 6.19. The number of hydrogen-bond donors (Lipinski definition) is 1. The molecule has 0 saturated carbocycles. The van der Waals surface area contributed by atoms with Crippen LogP contribution in [0.3, 0.4) is 0 Å². The zero-order valence-electron chi connectivity index (χ0n) is 14.5. The Morgan fingerprint density at radius 2 is 1.77 bits per heavy atom. The number of nitrogens with zero attached hydrogens (tertiary/aromatic N) is 1. The average Bonchev–Trinajstić information content (AvgIpc) is 2.66. The molecule has 3 rings (SSSR count). The molecule has 0 aromatic heterocycles. The van der Waals surface area contributed by atoms with E-state index in [1.165, 1.54) is 0 Å². The molecule has 0 heterocycles. The van der Waals surface area contributed by atoms with Gasteiger partial charge in [-0.15, -0.1) is 0 Å². The molecule has 134 valence electrons. The quantitative estimate of drug-likeness (QED) is 0.395.